The van der Waals surface area contributed by atoms with Crippen LogP contribution in [-0.2, 0) is 19.7 Å². The highest BCUT2D eigenvalue weighted by atomic mass is 16.5. The molecule has 0 radical (unpaired) electrons. The van der Waals surface area contributed by atoms with Gasteiger partial charge in [0.1, 0.15) is 11.2 Å². The second kappa shape index (κ2) is 7.44. The first-order valence-electron chi connectivity index (χ1n) is 8.43. The third kappa shape index (κ3) is 3.79. The smallest absolute Gasteiger partial charge is 0.313 e. The van der Waals surface area contributed by atoms with Gasteiger partial charge in [-0.15, -0.1) is 0 Å². The van der Waals surface area contributed by atoms with Crippen LogP contribution in [0, 0.1) is 5.41 Å². The number of nitrogens with zero attached hydrogens (tertiary/aromatic N) is 1. The van der Waals surface area contributed by atoms with E-state index in [0.717, 1.165) is 11.3 Å². The predicted octanol–water partition coefficient (Wildman–Crippen LogP) is 2.31. The summed E-state index contributed by atoms with van der Waals surface area (Å²) in [6.45, 7) is 4.58. The van der Waals surface area contributed by atoms with E-state index in [1.807, 2.05) is 38.1 Å². The van der Waals surface area contributed by atoms with Crippen LogP contribution in [0.25, 0.3) is 0 Å². The minimum absolute atomic E-state index is 0.0703. The van der Waals surface area contributed by atoms with Gasteiger partial charge in [-0.2, -0.15) is 0 Å². The van der Waals surface area contributed by atoms with Crippen LogP contribution in [0.2, 0.25) is 0 Å². The molecule has 0 aromatic heterocycles. The van der Waals surface area contributed by atoms with Gasteiger partial charge in [0.2, 0.25) is 5.91 Å². The number of carbonyl (C=O) groups is 2. The molecule has 0 bridgehead atoms. The maximum absolute atomic E-state index is 13.2. The number of amides is 1. The molecule has 25 heavy (non-hydrogen) atoms. The number of aliphatic carboxylic acids is 1. The Hall–Kier alpha value is -2.08. The van der Waals surface area contributed by atoms with Crippen LogP contribution >= 0.6 is 0 Å². The molecule has 1 N–H and O–H groups in total. The average molecular weight is 349 g/mol. The van der Waals surface area contributed by atoms with E-state index in [9.17, 15) is 14.7 Å². The van der Waals surface area contributed by atoms with E-state index in [1.165, 1.54) is 7.11 Å². The average Bonchev–Trinajstić information content (AvgIpc) is 2.61. The molecule has 1 amide bonds. The van der Waals surface area contributed by atoms with Gasteiger partial charge >= 0.3 is 5.97 Å². The molecule has 6 nitrogen and oxygen atoms in total. The van der Waals surface area contributed by atoms with Gasteiger partial charge < -0.3 is 19.5 Å². The van der Waals surface area contributed by atoms with Crippen LogP contribution in [0.4, 0.5) is 0 Å². The highest BCUT2D eigenvalue weighted by molar-refractivity contribution is 5.88. The van der Waals surface area contributed by atoms with Gasteiger partial charge in [0.15, 0.2) is 0 Å². The standard InChI is InChI=1S/C19H27NO5/c1-18(2,14-6-8-15(25-4)9-7-14)16(21)20-11-5-10-19(12-20,13-24-3)17(22)23/h6-9H,5,10-13H2,1-4H3,(H,22,23). The molecule has 1 unspecified atom stereocenters. The maximum atomic E-state index is 13.2. The number of carboxylic acid groups (broad SMARTS) is 1. The quantitative estimate of drug-likeness (QED) is 0.853. The highest BCUT2D eigenvalue weighted by Gasteiger charge is 2.46. The molecule has 0 aliphatic carbocycles. The summed E-state index contributed by atoms with van der Waals surface area (Å²) in [5, 5.41) is 9.67. The number of likely N-dealkylation sites (tertiary alicyclic amines) is 1. The van der Waals surface area contributed by atoms with E-state index in [4.69, 9.17) is 9.47 Å². The SMILES string of the molecule is COCC1(C(=O)O)CCCN(C(=O)C(C)(C)c2ccc(OC)cc2)C1. The van der Waals surface area contributed by atoms with Gasteiger partial charge in [-0.05, 0) is 44.4 Å². The van der Waals surface area contributed by atoms with E-state index in [1.54, 1.807) is 12.0 Å². The van der Waals surface area contributed by atoms with E-state index in [2.05, 4.69) is 0 Å². The van der Waals surface area contributed by atoms with Gasteiger partial charge in [0, 0.05) is 20.2 Å². The summed E-state index contributed by atoms with van der Waals surface area (Å²) in [4.78, 5) is 26.6. The van der Waals surface area contributed by atoms with Crippen molar-refractivity contribution in [1.82, 2.24) is 4.90 Å². The molecule has 1 fully saturated rings. The van der Waals surface area contributed by atoms with E-state index in [-0.39, 0.29) is 19.1 Å². The normalized spacial score (nSPS) is 21.0. The van der Waals surface area contributed by atoms with Crippen molar-refractivity contribution < 1.29 is 24.2 Å². The number of benzene rings is 1. The van der Waals surface area contributed by atoms with Crippen LogP contribution < -0.4 is 4.74 Å². The van der Waals surface area contributed by atoms with Crippen molar-refractivity contribution in [2.45, 2.75) is 32.1 Å². The van der Waals surface area contributed by atoms with Gasteiger partial charge in [0.25, 0.3) is 0 Å². The Morgan fingerprint density at radius 1 is 1.24 bits per heavy atom. The second-order valence-electron chi connectivity index (χ2n) is 7.20. The number of rotatable bonds is 6. The summed E-state index contributed by atoms with van der Waals surface area (Å²) >= 11 is 0. The van der Waals surface area contributed by atoms with Gasteiger partial charge in [0.05, 0.1) is 19.1 Å². The van der Waals surface area contributed by atoms with Crippen LogP contribution in [0.3, 0.4) is 0 Å². The Bertz CT molecular complexity index is 621. The van der Waals surface area contributed by atoms with E-state index >= 15 is 0 Å². The second-order valence-corrected chi connectivity index (χ2v) is 7.20. The molecule has 138 valence electrons. The summed E-state index contributed by atoms with van der Waals surface area (Å²) in [6, 6.07) is 7.40. The number of methoxy groups -OCH3 is 2. The zero-order chi connectivity index (χ0) is 18.7. The van der Waals surface area contributed by atoms with Crippen molar-refractivity contribution in [3.05, 3.63) is 29.8 Å². The Morgan fingerprint density at radius 3 is 2.40 bits per heavy atom. The van der Waals surface area contributed by atoms with Crippen LogP contribution in [0.1, 0.15) is 32.3 Å². The third-order valence-corrected chi connectivity index (χ3v) is 5.08. The summed E-state index contributed by atoms with van der Waals surface area (Å²) in [7, 11) is 3.09. The predicted molar refractivity (Wildman–Crippen MR) is 93.8 cm³/mol. The van der Waals surface area contributed by atoms with Crippen molar-refractivity contribution in [1.29, 1.82) is 0 Å². The van der Waals surface area contributed by atoms with Crippen molar-refractivity contribution in [2.24, 2.45) is 5.41 Å². The van der Waals surface area contributed by atoms with Gasteiger partial charge in [-0.25, -0.2) is 0 Å². The lowest BCUT2D eigenvalue weighted by atomic mass is 9.78. The molecule has 1 aliphatic rings. The summed E-state index contributed by atoms with van der Waals surface area (Å²) in [6.07, 6.45) is 1.17. The first-order chi connectivity index (χ1) is 11.8. The summed E-state index contributed by atoms with van der Waals surface area (Å²) in [5.74, 6) is -0.247. The first-order valence-corrected chi connectivity index (χ1v) is 8.43. The summed E-state index contributed by atoms with van der Waals surface area (Å²) in [5.41, 5.74) is -0.906. The molecule has 1 atom stereocenters. The molecule has 2 rings (SSSR count). The lowest BCUT2D eigenvalue weighted by molar-refractivity contribution is -0.160. The van der Waals surface area contributed by atoms with Crippen molar-refractivity contribution in [3.8, 4) is 5.75 Å². The molecule has 1 saturated heterocycles. The number of carbonyl (C=O) groups excluding carboxylic acids is 1. The van der Waals surface area contributed by atoms with Crippen molar-refractivity contribution >= 4 is 11.9 Å². The Morgan fingerprint density at radius 2 is 1.88 bits per heavy atom. The van der Waals surface area contributed by atoms with E-state index < -0.39 is 16.8 Å². The van der Waals surface area contributed by atoms with Crippen molar-refractivity contribution in [2.75, 3.05) is 33.9 Å². The molecule has 6 heteroatoms. The molecule has 1 aliphatic heterocycles. The number of carboxylic acids is 1. The minimum Gasteiger partial charge on any atom is -0.497 e. The molecule has 0 saturated carbocycles. The number of ether oxygens (including phenoxy) is 2. The molecule has 1 aromatic carbocycles. The molecule has 1 aromatic rings. The first kappa shape index (κ1) is 19.2. The zero-order valence-corrected chi connectivity index (χ0v) is 15.4. The summed E-state index contributed by atoms with van der Waals surface area (Å²) < 4.78 is 10.3. The fraction of sp³-hybridized carbons (Fsp3) is 0.579. The third-order valence-electron chi connectivity index (χ3n) is 5.08. The number of hydrogen-bond acceptors (Lipinski definition) is 4. The zero-order valence-electron chi connectivity index (χ0n) is 15.4. The lowest BCUT2D eigenvalue weighted by Gasteiger charge is -2.42. The number of hydrogen-bond donors (Lipinski definition) is 1. The molecule has 0 spiro atoms. The monoisotopic (exact) mass is 349 g/mol. The maximum Gasteiger partial charge on any atom is 0.313 e. The van der Waals surface area contributed by atoms with Gasteiger partial charge in [-0.1, -0.05) is 12.1 Å². The number of piperidine rings is 1. The largest absolute Gasteiger partial charge is 0.497 e. The van der Waals surface area contributed by atoms with Gasteiger partial charge in [-0.3, -0.25) is 9.59 Å². The highest BCUT2D eigenvalue weighted by Crippen LogP contribution is 2.34. The Balaban J connectivity index is 2.23. The minimum atomic E-state index is -1.03. The fourth-order valence-electron chi connectivity index (χ4n) is 3.46. The Kier molecular flexibility index (Phi) is 5.72. The van der Waals surface area contributed by atoms with Crippen LogP contribution in [0.15, 0.2) is 24.3 Å². The topological polar surface area (TPSA) is 76.1 Å². The molecule has 1 heterocycles. The fourth-order valence-corrected chi connectivity index (χ4v) is 3.46. The van der Waals surface area contributed by atoms with Crippen molar-refractivity contribution in [3.63, 3.8) is 0 Å². The molecular formula is C19H27NO5. The van der Waals surface area contributed by atoms with Crippen LogP contribution in [-0.4, -0.2) is 55.8 Å². The van der Waals surface area contributed by atoms with E-state index in [0.29, 0.717) is 19.4 Å². The van der Waals surface area contributed by atoms with Crippen LogP contribution in [0.5, 0.6) is 5.75 Å². The molecular weight excluding hydrogens is 322 g/mol. The Labute approximate surface area is 148 Å². The lowest BCUT2D eigenvalue weighted by Crippen LogP contribution is -2.55.